The topological polar surface area (TPSA) is 89.8 Å². The molecule has 0 unspecified atom stereocenters. The van der Waals surface area contributed by atoms with Crippen LogP contribution in [0.25, 0.3) is 10.9 Å². The number of hydrogen-bond acceptors (Lipinski definition) is 6. The van der Waals surface area contributed by atoms with E-state index in [1.807, 2.05) is 6.07 Å². The average molecular weight is 400 g/mol. The number of anilines is 1. The van der Waals surface area contributed by atoms with Gasteiger partial charge in [0.15, 0.2) is 0 Å². The monoisotopic (exact) mass is 399 g/mol. The molecule has 0 bridgehead atoms. The number of fused-ring (bicyclic) bond motifs is 1. The first-order valence-electron chi connectivity index (χ1n) is 9.74. The second-order valence-corrected chi connectivity index (χ2v) is 7.82. The van der Waals surface area contributed by atoms with E-state index in [2.05, 4.69) is 27.4 Å². The normalized spacial score (nSPS) is 11.0. The molecular formula is C20H25N5O2S. The average Bonchev–Trinajstić information content (AvgIpc) is 3.14. The molecule has 3 aromatic rings. The van der Waals surface area contributed by atoms with Gasteiger partial charge in [0.1, 0.15) is 11.6 Å². The third-order valence-electron chi connectivity index (χ3n) is 4.50. The van der Waals surface area contributed by atoms with Crippen LogP contribution in [0.3, 0.4) is 0 Å². The van der Waals surface area contributed by atoms with Gasteiger partial charge in [-0.2, -0.15) is 0 Å². The van der Waals surface area contributed by atoms with Crippen LogP contribution in [-0.2, 0) is 17.8 Å². The number of carbonyl (C=O) groups excluding carboxylic acids is 1. The zero-order chi connectivity index (χ0) is 19.8. The van der Waals surface area contributed by atoms with Gasteiger partial charge in [0.25, 0.3) is 5.56 Å². The third kappa shape index (κ3) is 5.45. The van der Waals surface area contributed by atoms with Gasteiger partial charge in [-0.25, -0.2) is 4.98 Å². The van der Waals surface area contributed by atoms with Crippen molar-refractivity contribution in [3.63, 3.8) is 0 Å². The van der Waals surface area contributed by atoms with E-state index in [0.717, 1.165) is 17.8 Å². The van der Waals surface area contributed by atoms with Crippen molar-refractivity contribution >= 4 is 33.3 Å². The van der Waals surface area contributed by atoms with E-state index in [9.17, 15) is 9.59 Å². The molecule has 148 valence electrons. The number of aromatic nitrogens is 4. The molecule has 0 radical (unpaired) electrons. The molecule has 0 fully saturated rings. The van der Waals surface area contributed by atoms with E-state index in [1.165, 1.54) is 54.3 Å². The van der Waals surface area contributed by atoms with Crippen LogP contribution in [0.15, 0.2) is 35.4 Å². The number of aryl methyl sites for hydroxylation is 1. The SMILES string of the molecule is CCCCCCCCc1nnc(NC(=O)Cn2cnc3ccccc3c2=O)s1. The van der Waals surface area contributed by atoms with Gasteiger partial charge < -0.3 is 0 Å². The lowest BCUT2D eigenvalue weighted by Crippen LogP contribution is -2.27. The Hall–Kier alpha value is -2.61. The highest BCUT2D eigenvalue weighted by Gasteiger charge is 2.11. The molecule has 8 heteroatoms. The Morgan fingerprint density at radius 1 is 1.11 bits per heavy atom. The number of carbonyl (C=O) groups is 1. The van der Waals surface area contributed by atoms with E-state index in [4.69, 9.17) is 0 Å². The van der Waals surface area contributed by atoms with Crippen LogP contribution in [0.2, 0.25) is 0 Å². The molecule has 2 aromatic heterocycles. The zero-order valence-electron chi connectivity index (χ0n) is 16.1. The van der Waals surface area contributed by atoms with Gasteiger partial charge >= 0.3 is 0 Å². The van der Waals surface area contributed by atoms with E-state index in [1.54, 1.807) is 18.2 Å². The Kier molecular flexibility index (Phi) is 7.25. The van der Waals surface area contributed by atoms with Crippen LogP contribution in [0.5, 0.6) is 0 Å². The second-order valence-electron chi connectivity index (χ2n) is 6.76. The van der Waals surface area contributed by atoms with Crippen LogP contribution in [-0.4, -0.2) is 25.7 Å². The standard InChI is InChI=1S/C20H25N5O2S/c1-2-3-4-5-6-7-12-18-23-24-20(28-18)22-17(26)13-25-14-21-16-11-9-8-10-15(16)19(25)27/h8-11,14H,2-7,12-13H2,1H3,(H,22,24,26). The van der Waals surface area contributed by atoms with Crippen LogP contribution in [0.4, 0.5) is 5.13 Å². The Labute approximate surface area is 167 Å². The predicted octanol–water partition coefficient (Wildman–Crippen LogP) is 3.79. The van der Waals surface area contributed by atoms with Crippen molar-refractivity contribution in [2.45, 2.75) is 58.4 Å². The van der Waals surface area contributed by atoms with Gasteiger partial charge in [0.05, 0.1) is 17.2 Å². The van der Waals surface area contributed by atoms with E-state index in [0.29, 0.717) is 16.0 Å². The minimum atomic E-state index is -0.318. The largest absolute Gasteiger partial charge is 0.299 e. The lowest BCUT2D eigenvalue weighted by atomic mass is 10.1. The molecule has 1 N–H and O–H groups in total. The summed E-state index contributed by atoms with van der Waals surface area (Å²) in [4.78, 5) is 29.0. The summed E-state index contributed by atoms with van der Waals surface area (Å²) >= 11 is 1.39. The van der Waals surface area contributed by atoms with Gasteiger partial charge in [-0.3, -0.25) is 19.5 Å². The smallest absolute Gasteiger partial charge is 0.261 e. The molecule has 7 nitrogen and oxygen atoms in total. The van der Waals surface area contributed by atoms with Gasteiger partial charge in [0, 0.05) is 6.42 Å². The first-order chi connectivity index (χ1) is 13.7. The van der Waals surface area contributed by atoms with Crippen molar-refractivity contribution in [2.24, 2.45) is 0 Å². The molecule has 3 rings (SSSR count). The molecule has 0 saturated carbocycles. The fraction of sp³-hybridized carbons (Fsp3) is 0.450. The maximum atomic E-state index is 12.5. The number of hydrogen-bond donors (Lipinski definition) is 1. The Morgan fingerprint density at radius 2 is 1.89 bits per heavy atom. The summed E-state index contributed by atoms with van der Waals surface area (Å²) in [5.74, 6) is -0.318. The van der Waals surface area contributed by atoms with Crippen molar-refractivity contribution in [1.82, 2.24) is 19.7 Å². The zero-order valence-corrected chi connectivity index (χ0v) is 16.9. The van der Waals surface area contributed by atoms with Crippen molar-refractivity contribution in [2.75, 3.05) is 5.32 Å². The van der Waals surface area contributed by atoms with Crippen molar-refractivity contribution in [1.29, 1.82) is 0 Å². The van der Waals surface area contributed by atoms with Gasteiger partial charge in [0.2, 0.25) is 11.0 Å². The molecule has 1 amide bonds. The summed E-state index contributed by atoms with van der Waals surface area (Å²) in [5.41, 5.74) is 0.384. The number of para-hydroxylation sites is 1. The highest BCUT2D eigenvalue weighted by atomic mass is 32.1. The first kappa shape index (κ1) is 20.1. The third-order valence-corrected chi connectivity index (χ3v) is 5.40. The minimum Gasteiger partial charge on any atom is -0.299 e. The molecule has 0 aliphatic rings. The number of amides is 1. The van der Waals surface area contributed by atoms with Gasteiger partial charge in [-0.15, -0.1) is 10.2 Å². The summed E-state index contributed by atoms with van der Waals surface area (Å²) < 4.78 is 1.30. The number of benzene rings is 1. The summed E-state index contributed by atoms with van der Waals surface area (Å²) in [5, 5.41) is 12.8. The Balaban J connectivity index is 1.51. The maximum Gasteiger partial charge on any atom is 0.261 e. The quantitative estimate of drug-likeness (QED) is 0.524. The fourth-order valence-corrected chi connectivity index (χ4v) is 3.79. The summed E-state index contributed by atoms with van der Waals surface area (Å²) in [6.45, 7) is 2.10. The maximum absolute atomic E-state index is 12.5. The molecule has 0 saturated heterocycles. The predicted molar refractivity (Wildman–Crippen MR) is 112 cm³/mol. The van der Waals surface area contributed by atoms with E-state index >= 15 is 0 Å². The second kappa shape index (κ2) is 10.1. The number of nitrogens with zero attached hydrogens (tertiary/aromatic N) is 4. The van der Waals surface area contributed by atoms with Gasteiger partial charge in [-0.05, 0) is 18.6 Å². The lowest BCUT2D eigenvalue weighted by molar-refractivity contribution is -0.116. The fourth-order valence-electron chi connectivity index (χ4n) is 2.99. The minimum absolute atomic E-state index is 0.108. The van der Waals surface area contributed by atoms with Crippen molar-refractivity contribution in [3.8, 4) is 0 Å². The van der Waals surface area contributed by atoms with Crippen LogP contribution >= 0.6 is 11.3 Å². The molecule has 0 aliphatic heterocycles. The summed E-state index contributed by atoms with van der Waals surface area (Å²) in [6, 6.07) is 7.08. The molecule has 2 heterocycles. The Bertz CT molecular complexity index is 982. The number of rotatable bonds is 10. The van der Waals surface area contributed by atoms with E-state index in [-0.39, 0.29) is 18.0 Å². The van der Waals surface area contributed by atoms with Crippen molar-refractivity contribution < 1.29 is 4.79 Å². The first-order valence-corrected chi connectivity index (χ1v) is 10.6. The molecule has 0 spiro atoms. The molecule has 1 aromatic carbocycles. The molecule has 0 aliphatic carbocycles. The highest BCUT2D eigenvalue weighted by molar-refractivity contribution is 7.15. The van der Waals surface area contributed by atoms with Crippen LogP contribution in [0.1, 0.15) is 50.5 Å². The molecule has 28 heavy (non-hydrogen) atoms. The highest BCUT2D eigenvalue weighted by Crippen LogP contribution is 2.18. The molecular weight excluding hydrogens is 374 g/mol. The summed E-state index contributed by atoms with van der Waals surface area (Å²) in [6.07, 6.45) is 9.65. The van der Waals surface area contributed by atoms with Gasteiger partial charge in [-0.1, -0.05) is 62.5 Å². The Morgan fingerprint density at radius 3 is 2.75 bits per heavy atom. The van der Waals surface area contributed by atoms with Crippen LogP contribution < -0.4 is 10.9 Å². The van der Waals surface area contributed by atoms with Crippen molar-refractivity contribution in [3.05, 3.63) is 46.0 Å². The molecule has 0 atom stereocenters. The van der Waals surface area contributed by atoms with Crippen LogP contribution in [0, 0.1) is 0 Å². The van der Waals surface area contributed by atoms with E-state index < -0.39 is 0 Å². The number of unbranched alkanes of at least 4 members (excludes halogenated alkanes) is 5. The summed E-state index contributed by atoms with van der Waals surface area (Å²) in [7, 11) is 0. The lowest BCUT2D eigenvalue weighted by Gasteiger charge is -2.05. The number of nitrogens with one attached hydrogen (secondary N) is 1.